The maximum atomic E-state index is 11.5. The van der Waals surface area contributed by atoms with Crippen LogP contribution in [0.1, 0.15) is 38.5 Å². The molecule has 2 N–H and O–H groups in total. The standard InChI is InChI=1S/C10H19NO2S/c11-10(5-1-2-6-10)9-4-3-7-14(12,13)8-9/h9H,1-8,11H2. The van der Waals surface area contributed by atoms with Crippen LogP contribution in [0.15, 0.2) is 0 Å². The normalized spacial score (nSPS) is 35.6. The number of nitrogens with two attached hydrogens (primary N) is 1. The van der Waals surface area contributed by atoms with E-state index in [-0.39, 0.29) is 11.5 Å². The van der Waals surface area contributed by atoms with Crippen molar-refractivity contribution in [2.45, 2.75) is 44.1 Å². The van der Waals surface area contributed by atoms with Crippen LogP contribution in [0.5, 0.6) is 0 Å². The van der Waals surface area contributed by atoms with Crippen molar-refractivity contribution in [1.82, 2.24) is 0 Å². The zero-order valence-electron chi connectivity index (χ0n) is 8.54. The lowest BCUT2D eigenvalue weighted by Gasteiger charge is -2.36. The van der Waals surface area contributed by atoms with E-state index < -0.39 is 9.84 Å². The first-order chi connectivity index (χ1) is 6.52. The van der Waals surface area contributed by atoms with Gasteiger partial charge in [0.25, 0.3) is 0 Å². The molecule has 0 bridgehead atoms. The summed E-state index contributed by atoms with van der Waals surface area (Å²) in [5.74, 6) is 0.937. The summed E-state index contributed by atoms with van der Waals surface area (Å²) in [5.41, 5.74) is 6.13. The SMILES string of the molecule is NC1(C2CCCS(=O)(=O)C2)CCCC1. The molecule has 1 aliphatic carbocycles. The average Bonchev–Trinajstić information content (AvgIpc) is 2.52. The van der Waals surface area contributed by atoms with E-state index in [0.29, 0.717) is 11.5 Å². The minimum atomic E-state index is -2.79. The molecule has 3 nitrogen and oxygen atoms in total. The van der Waals surface area contributed by atoms with Gasteiger partial charge in [-0.2, -0.15) is 0 Å². The molecule has 1 saturated heterocycles. The van der Waals surface area contributed by atoms with Crippen LogP contribution in [0.3, 0.4) is 0 Å². The Morgan fingerprint density at radius 3 is 2.36 bits per heavy atom. The van der Waals surface area contributed by atoms with E-state index in [1.54, 1.807) is 0 Å². The molecule has 1 unspecified atom stereocenters. The minimum Gasteiger partial charge on any atom is -0.325 e. The Kier molecular flexibility index (Phi) is 2.60. The van der Waals surface area contributed by atoms with Gasteiger partial charge in [-0.1, -0.05) is 12.8 Å². The first-order valence-corrected chi connectivity index (χ1v) is 7.33. The third kappa shape index (κ3) is 1.96. The maximum Gasteiger partial charge on any atom is 0.150 e. The molecule has 1 saturated carbocycles. The van der Waals surface area contributed by atoms with Crippen LogP contribution in [0, 0.1) is 5.92 Å². The predicted molar refractivity (Wildman–Crippen MR) is 56.8 cm³/mol. The van der Waals surface area contributed by atoms with Gasteiger partial charge in [0.15, 0.2) is 9.84 Å². The maximum absolute atomic E-state index is 11.5. The Morgan fingerprint density at radius 1 is 1.14 bits per heavy atom. The smallest absolute Gasteiger partial charge is 0.150 e. The van der Waals surface area contributed by atoms with Crippen molar-refractivity contribution in [1.29, 1.82) is 0 Å². The summed E-state index contributed by atoms with van der Waals surface area (Å²) in [6.07, 6.45) is 6.21. The van der Waals surface area contributed by atoms with E-state index in [1.165, 1.54) is 12.8 Å². The third-order valence-electron chi connectivity index (χ3n) is 3.81. The highest BCUT2D eigenvalue weighted by atomic mass is 32.2. The Balaban J connectivity index is 2.11. The molecule has 0 radical (unpaired) electrons. The van der Waals surface area contributed by atoms with Crippen molar-refractivity contribution in [2.75, 3.05) is 11.5 Å². The molecule has 0 amide bonds. The van der Waals surface area contributed by atoms with Crippen LogP contribution in [0.4, 0.5) is 0 Å². The van der Waals surface area contributed by atoms with Gasteiger partial charge in [0.1, 0.15) is 0 Å². The quantitative estimate of drug-likeness (QED) is 0.715. The topological polar surface area (TPSA) is 60.2 Å². The molecular weight excluding hydrogens is 198 g/mol. The molecule has 0 aromatic heterocycles. The predicted octanol–water partition coefficient (Wildman–Crippen LogP) is 1.08. The fraction of sp³-hybridized carbons (Fsp3) is 1.00. The fourth-order valence-corrected chi connectivity index (χ4v) is 4.80. The van der Waals surface area contributed by atoms with Crippen molar-refractivity contribution in [2.24, 2.45) is 11.7 Å². The molecule has 14 heavy (non-hydrogen) atoms. The molecule has 1 atom stereocenters. The van der Waals surface area contributed by atoms with E-state index >= 15 is 0 Å². The summed E-state index contributed by atoms with van der Waals surface area (Å²) < 4.78 is 23.0. The molecule has 2 fully saturated rings. The summed E-state index contributed by atoms with van der Waals surface area (Å²) in [4.78, 5) is 0. The second-order valence-electron chi connectivity index (χ2n) is 4.89. The van der Waals surface area contributed by atoms with Crippen molar-refractivity contribution >= 4 is 9.84 Å². The first kappa shape index (κ1) is 10.4. The van der Waals surface area contributed by atoms with E-state index in [9.17, 15) is 8.42 Å². The summed E-state index contributed by atoms with van der Waals surface area (Å²) in [6.45, 7) is 0. The molecule has 0 aromatic carbocycles. The van der Waals surface area contributed by atoms with Crippen molar-refractivity contribution in [3.8, 4) is 0 Å². The number of sulfone groups is 1. The van der Waals surface area contributed by atoms with E-state index in [1.807, 2.05) is 0 Å². The molecule has 0 spiro atoms. The van der Waals surface area contributed by atoms with Gasteiger partial charge < -0.3 is 5.73 Å². The molecule has 1 heterocycles. The van der Waals surface area contributed by atoms with E-state index in [0.717, 1.165) is 25.7 Å². The highest BCUT2D eigenvalue weighted by Crippen LogP contribution is 2.38. The van der Waals surface area contributed by atoms with E-state index in [4.69, 9.17) is 5.73 Å². The monoisotopic (exact) mass is 217 g/mol. The fourth-order valence-electron chi connectivity index (χ4n) is 2.92. The largest absolute Gasteiger partial charge is 0.325 e. The van der Waals surface area contributed by atoms with Gasteiger partial charge >= 0.3 is 0 Å². The molecule has 2 aliphatic rings. The Bertz CT molecular complexity index is 304. The second kappa shape index (κ2) is 3.49. The molecule has 4 heteroatoms. The molecule has 82 valence electrons. The van der Waals surface area contributed by atoms with Gasteiger partial charge in [0, 0.05) is 5.54 Å². The highest BCUT2D eigenvalue weighted by Gasteiger charge is 2.41. The summed E-state index contributed by atoms with van der Waals surface area (Å²) in [6, 6.07) is 0. The lowest BCUT2D eigenvalue weighted by molar-refractivity contribution is 0.274. The number of hydrogen-bond donors (Lipinski definition) is 1. The Hall–Kier alpha value is -0.0900. The summed E-state index contributed by atoms with van der Waals surface area (Å²) in [5, 5.41) is 0. The average molecular weight is 217 g/mol. The summed E-state index contributed by atoms with van der Waals surface area (Å²) in [7, 11) is -2.79. The second-order valence-corrected chi connectivity index (χ2v) is 7.12. The van der Waals surface area contributed by atoms with Crippen molar-refractivity contribution < 1.29 is 8.42 Å². The van der Waals surface area contributed by atoms with Gasteiger partial charge in [0.2, 0.25) is 0 Å². The lowest BCUT2D eigenvalue weighted by atomic mass is 9.81. The molecule has 0 aromatic rings. The Labute approximate surface area is 86.0 Å². The minimum absolute atomic E-state index is 0.159. The molecular formula is C10H19NO2S. The van der Waals surface area contributed by atoms with Gasteiger partial charge in [-0.05, 0) is 31.6 Å². The van der Waals surface area contributed by atoms with Gasteiger partial charge in [-0.15, -0.1) is 0 Å². The number of hydrogen-bond acceptors (Lipinski definition) is 3. The zero-order valence-corrected chi connectivity index (χ0v) is 9.35. The number of rotatable bonds is 1. The van der Waals surface area contributed by atoms with Crippen LogP contribution in [-0.4, -0.2) is 25.5 Å². The molecule has 2 rings (SSSR count). The van der Waals surface area contributed by atoms with Crippen LogP contribution in [0.2, 0.25) is 0 Å². The van der Waals surface area contributed by atoms with Gasteiger partial charge in [0.05, 0.1) is 11.5 Å². The highest BCUT2D eigenvalue weighted by molar-refractivity contribution is 7.91. The van der Waals surface area contributed by atoms with E-state index in [2.05, 4.69) is 0 Å². The third-order valence-corrected chi connectivity index (χ3v) is 5.63. The van der Waals surface area contributed by atoms with Crippen LogP contribution >= 0.6 is 0 Å². The van der Waals surface area contributed by atoms with Crippen molar-refractivity contribution in [3.63, 3.8) is 0 Å². The van der Waals surface area contributed by atoms with Gasteiger partial charge in [-0.25, -0.2) is 8.42 Å². The Morgan fingerprint density at radius 2 is 1.79 bits per heavy atom. The zero-order chi connectivity index (χ0) is 10.2. The summed E-state index contributed by atoms with van der Waals surface area (Å²) >= 11 is 0. The van der Waals surface area contributed by atoms with Crippen LogP contribution < -0.4 is 5.73 Å². The van der Waals surface area contributed by atoms with Crippen molar-refractivity contribution in [3.05, 3.63) is 0 Å². The van der Waals surface area contributed by atoms with Crippen LogP contribution in [-0.2, 0) is 9.84 Å². The first-order valence-electron chi connectivity index (χ1n) is 5.51. The van der Waals surface area contributed by atoms with Crippen LogP contribution in [0.25, 0.3) is 0 Å². The molecule has 1 aliphatic heterocycles. The van der Waals surface area contributed by atoms with Gasteiger partial charge in [-0.3, -0.25) is 0 Å². The lowest BCUT2D eigenvalue weighted by Crippen LogP contribution is -2.49.